The zero-order valence-electron chi connectivity index (χ0n) is 11.5. The molecule has 0 aliphatic heterocycles. The molecule has 1 heterocycles. The van der Waals surface area contributed by atoms with Crippen LogP contribution in [0.15, 0.2) is 22.6 Å². The maximum atomic E-state index is 5.75. The molecule has 0 spiro atoms. The zero-order valence-corrected chi connectivity index (χ0v) is 11.5. The van der Waals surface area contributed by atoms with Crippen LogP contribution in [0.2, 0.25) is 0 Å². The Bertz CT molecular complexity index is 368. The van der Waals surface area contributed by atoms with Gasteiger partial charge in [0.15, 0.2) is 0 Å². The van der Waals surface area contributed by atoms with Gasteiger partial charge in [-0.25, -0.2) is 0 Å². The van der Waals surface area contributed by atoms with E-state index in [9.17, 15) is 0 Å². The third-order valence-electron chi connectivity index (χ3n) is 2.60. The minimum Gasteiger partial charge on any atom is -0.465 e. The van der Waals surface area contributed by atoms with Crippen LogP contribution in [0.1, 0.15) is 30.9 Å². The van der Waals surface area contributed by atoms with Crippen molar-refractivity contribution in [1.82, 2.24) is 10.2 Å². The van der Waals surface area contributed by atoms with Crippen molar-refractivity contribution < 1.29 is 4.42 Å². The highest BCUT2D eigenvalue weighted by molar-refractivity contribution is 5.20. The summed E-state index contributed by atoms with van der Waals surface area (Å²) < 4.78 is 5.75. The first kappa shape index (κ1) is 14.0. The predicted octanol–water partition coefficient (Wildman–Crippen LogP) is 2.71. The van der Waals surface area contributed by atoms with Crippen LogP contribution in [0.25, 0.3) is 0 Å². The SMILES string of the molecule is C=C(C)CN(C)Cc1cc(CNCC)c(C)o1. The third-order valence-corrected chi connectivity index (χ3v) is 2.60. The smallest absolute Gasteiger partial charge is 0.118 e. The quantitative estimate of drug-likeness (QED) is 0.738. The topological polar surface area (TPSA) is 28.4 Å². The van der Waals surface area contributed by atoms with E-state index in [1.807, 2.05) is 13.8 Å². The number of furan rings is 1. The fourth-order valence-electron chi connectivity index (χ4n) is 1.88. The molecule has 17 heavy (non-hydrogen) atoms. The van der Waals surface area contributed by atoms with Gasteiger partial charge in [-0.1, -0.05) is 19.1 Å². The first-order valence-corrected chi connectivity index (χ1v) is 6.14. The molecule has 0 aliphatic rings. The predicted molar refractivity (Wildman–Crippen MR) is 72.0 cm³/mol. The summed E-state index contributed by atoms with van der Waals surface area (Å²) in [7, 11) is 2.08. The lowest BCUT2D eigenvalue weighted by atomic mass is 10.2. The molecule has 0 amide bonds. The zero-order chi connectivity index (χ0) is 12.8. The van der Waals surface area contributed by atoms with Crippen LogP contribution in [0, 0.1) is 6.92 Å². The van der Waals surface area contributed by atoms with E-state index in [0.29, 0.717) is 0 Å². The van der Waals surface area contributed by atoms with E-state index in [2.05, 4.69) is 36.8 Å². The van der Waals surface area contributed by atoms with Crippen LogP contribution < -0.4 is 5.32 Å². The van der Waals surface area contributed by atoms with Crippen LogP contribution in [0.4, 0.5) is 0 Å². The van der Waals surface area contributed by atoms with E-state index in [0.717, 1.165) is 37.7 Å². The van der Waals surface area contributed by atoms with Gasteiger partial charge in [-0.05, 0) is 33.5 Å². The van der Waals surface area contributed by atoms with Crippen molar-refractivity contribution >= 4 is 0 Å². The average molecular weight is 236 g/mol. The van der Waals surface area contributed by atoms with Gasteiger partial charge in [0.2, 0.25) is 0 Å². The van der Waals surface area contributed by atoms with Crippen LogP contribution in [-0.2, 0) is 13.1 Å². The van der Waals surface area contributed by atoms with Crippen LogP contribution in [-0.4, -0.2) is 25.0 Å². The van der Waals surface area contributed by atoms with Gasteiger partial charge in [-0.3, -0.25) is 4.90 Å². The largest absolute Gasteiger partial charge is 0.465 e. The van der Waals surface area contributed by atoms with E-state index in [1.54, 1.807) is 0 Å². The molecule has 1 aromatic heterocycles. The van der Waals surface area contributed by atoms with Gasteiger partial charge in [-0.2, -0.15) is 0 Å². The highest BCUT2D eigenvalue weighted by atomic mass is 16.3. The summed E-state index contributed by atoms with van der Waals surface area (Å²) in [6.07, 6.45) is 0. The molecule has 1 aromatic rings. The lowest BCUT2D eigenvalue weighted by Gasteiger charge is -2.14. The molecule has 0 radical (unpaired) electrons. The van der Waals surface area contributed by atoms with Crippen LogP contribution >= 0.6 is 0 Å². The Kier molecular flexibility index (Phi) is 5.45. The molecule has 0 aromatic carbocycles. The molecule has 0 saturated carbocycles. The Labute approximate surface area is 104 Å². The second kappa shape index (κ2) is 6.62. The number of nitrogens with one attached hydrogen (secondary N) is 1. The van der Waals surface area contributed by atoms with Gasteiger partial charge in [0.1, 0.15) is 11.5 Å². The van der Waals surface area contributed by atoms with E-state index in [-0.39, 0.29) is 0 Å². The molecule has 0 saturated heterocycles. The number of hydrogen-bond acceptors (Lipinski definition) is 3. The first-order chi connectivity index (χ1) is 8.02. The van der Waals surface area contributed by atoms with Crippen molar-refractivity contribution in [2.45, 2.75) is 33.9 Å². The molecular formula is C14H24N2O. The molecular weight excluding hydrogens is 212 g/mol. The lowest BCUT2D eigenvalue weighted by molar-refractivity contribution is 0.313. The molecule has 96 valence electrons. The molecule has 0 aliphatic carbocycles. The maximum absolute atomic E-state index is 5.75. The summed E-state index contributed by atoms with van der Waals surface area (Å²) in [5, 5.41) is 3.32. The Balaban J connectivity index is 2.57. The standard InChI is InChI=1S/C14H24N2O/c1-6-15-8-13-7-14(17-12(13)4)10-16(5)9-11(2)3/h7,15H,2,6,8-10H2,1,3-5H3. The van der Waals surface area contributed by atoms with E-state index >= 15 is 0 Å². The number of likely N-dealkylation sites (N-methyl/N-ethyl adjacent to an activating group) is 1. The molecule has 3 heteroatoms. The van der Waals surface area contributed by atoms with Crippen molar-refractivity contribution in [3.8, 4) is 0 Å². The fourth-order valence-corrected chi connectivity index (χ4v) is 1.88. The molecule has 3 nitrogen and oxygen atoms in total. The van der Waals surface area contributed by atoms with Crippen molar-refractivity contribution in [3.63, 3.8) is 0 Å². The van der Waals surface area contributed by atoms with Gasteiger partial charge < -0.3 is 9.73 Å². The first-order valence-electron chi connectivity index (χ1n) is 6.14. The minimum absolute atomic E-state index is 0.833. The Morgan fingerprint density at radius 1 is 1.53 bits per heavy atom. The number of nitrogens with zero attached hydrogens (tertiary/aromatic N) is 1. The number of rotatable bonds is 7. The molecule has 0 bridgehead atoms. The van der Waals surface area contributed by atoms with E-state index < -0.39 is 0 Å². The van der Waals surface area contributed by atoms with Crippen molar-refractivity contribution in [2.75, 3.05) is 20.1 Å². The normalized spacial score (nSPS) is 11.1. The molecule has 1 N–H and O–H groups in total. The molecule has 0 fully saturated rings. The minimum atomic E-state index is 0.833. The summed E-state index contributed by atoms with van der Waals surface area (Å²) in [5.74, 6) is 2.05. The Morgan fingerprint density at radius 2 is 2.24 bits per heavy atom. The van der Waals surface area contributed by atoms with Gasteiger partial charge in [-0.15, -0.1) is 0 Å². The third kappa shape index (κ3) is 4.75. The second-order valence-corrected chi connectivity index (χ2v) is 4.70. The molecule has 1 rings (SSSR count). The van der Waals surface area contributed by atoms with Gasteiger partial charge in [0.25, 0.3) is 0 Å². The fraction of sp³-hybridized carbons (Fsp3) is 0.571. The second-order valence-electron chi connectivity index (χ2n) is 4.70. The summed E-state index contributed by atoms with van der Waals surface area (Å²) in [5.41, 5.74) is 2.43. The summed E-state index contributed by atoms with van der Waals surface area (Å²) >= 11 is 0. The van der Waals surface area contributed by atoms with E-state index in [1.165, 1.54) is 11.1 Å². The van der Waals surface area contributed by atoms with E-state index in [4.69, 9.17) is 4.42 Å². The average Bonchev–Trinajstić information content (AvgIpc) is 2.54. The summed E-state index contributed by atoms with van der Waals surface area (Å²) in [6.45, 7) is 13.7. The highest BCUT2D eigenvalue weighted by Crippen LogP contribution is 2.16. The number of hydrogen-bond donors (Lipinski definition) is 1. The van der Waals surface area contributed by atoms with Gasteiger partial charge in [0.05, 0.1) is 6.54 Å². The van der Waals surface area contributed by atoms with Crippen molar-refractivity contribution in [3.05, 3.63) is 35.3 Å². The lowest BCUT2D eigenvalue weighted by Crippen LogP contribution is -2.19. The summed E-state index contributed by atoms with van der Waals surface area (Å²) in [6, 6.07) is 2.15. The van der Waals surface area contributed by atoms with Crippen LogP contribution in [0.3, 0.4) is 0 Å². The molecule has 0 atom stereocenters. The maximum Gasteiger partial charge on any atom is 0.118 e. The van der Waals surface area contributed by atoms with Crippen molar-refractivity contribution in [2.24, 2.45) is 0 Å². The van der Waals surface area contributed by atoms with Crippen molar-refractivity contribution in [1.29, 1.82) is 0 Å². The van der Waals surface area contributed by atoms with Crippen LogP contribution in [0.5, 0.6) is 0 Å². The van der Waals surface area contributed by atoms with Gasteiger partial charge >= 0.3 is 0 Å². The van der Waals surface area contributed by atoms with Gasteiger partial charge in [0, 0.05) is 18.7 Å². The summed E-state index contributed by atoms with van der Waals surface area (Å²) in [4.78, 5) is 2.21. The molecule has 0 unspecified atom stereocenters. The number of aryl methyl sites for hydroxylation is 1. The monoisotopic (exact) mass is 236 g/mol. The highest BCUT2D eigenvalue weighted by Gasteiger charge is 2.09. The Morgan fingerprint density at radius 3 is 2.82 bits per heavy atom. The Hall–Kier alpha value is -1.06.